The molecule has 2 aromatic rings. The minimum atomic E-state index is -1.19. The number of para-hydroxylation sites is 1. The van der Waals surface area contributed by atoms with Gasteiger partial charge in [0, 0.05) is 0 Å². The van der Waals surface area contributed by atoms with Crippen molar-refractivity contribution >= 4 is 58.1 Å². The van der Waals surface area contributed by atoms with E-state index in [1.54, 1.807) is 18.2 Å². The quantitative estimate of drug-likeness (QED) is 0.683. The number of halogens is 4. The van der Waals surface area contributed by atoms with E-state index in [-0.39, 0.29) is 16.1 Å². The second-order valence-corrected chi connectivity index (χ2v) is 4.68. The van der Waals surface area contributed by atoms with Gasteiger partial charge in [-0.2, -0.15) is 0 Å². The van der Waals surface area contributed by atoms with Crippen molar-refractivity contribution in [3.05, 3.63) is 44.4 Å². The number of hydrogen-bond donors (Lipinski definition) is 3. The molecule has 2 rings (SSSR count). The van der Waals surface area contributed by atoms with Crippen LogP contribution in [0.4, 0.5) is 5.69 Å². The summed E-state index contributed by atoms with van der Waals surface area (Å²) in [7, 11) is 0. The van der Waals surface area contributed by atoms with Gasteiger partial charge in [0.15, 0.2) is 5.15 Å². The summed E-state index contributed by atoms with van der Waals surface area (Å²) in [5.74, 6) is -1.44. The third-order valence-electron chi connectivity index (χ3n) is 1.82. The van der Waals surface area contributed by atoms with Gasteiger partial charge >= 0.3 is 5.97 Å². The number of H-pyrrole nitrogens is 1. The number of aromatic amines is 1. The SMILES string of the molecule is Nc1c(Cl)cccc1Cl.O=C(O)c1nc(Cl)c(Cl)[nH]1. The van der Waals surface area contributed by atoms with Gasteiger partial charge < -0.3 is 15.8 Å². The third kappa shape index (κ3) is 4.47. The molecule has 0 saturated heterocycles. The Labute approximate surface area is 128 Å². The Morgan fingerprint density at radius 3 is 2.00 bits per heavy atom. The van der Waals surface area contributed by atoms with Crippen LogP contribution in [0.15, 0.2) is 18.2 Å². The molecular weight excluding hydrogens is 336 g/mol. The van der Waals surface area contributed by atoms with E-state index in [0.29, 0.717) is 15.7 Å². The molecule has 0 saturated carbocycles. The van der Waals surface area contributed by atoms with Crippen molar-refractivity contribution in [1.82, 2.24) is 9.97 Å². The Bertz CT molecular complexity index is 561. The molecule has 0 aliphatic heterocycles. The van der Waals surface area contributed by atoms with Gasteiger partial charge in [-0.15, -0.1) is 0 Å². The summed E-state index contributed by atoms with van der Waals surface area (Å²) >= 11 is 21.9. The summed E-state index contributed by atoms with van der Waals surface area (Å²) in [6, 6.07) is 5.15. The molecule has 102 valence electrons. The molecule has 9 heteroatoms. The molecule has 0 unspecified atom stereocenters. The lowest BCUT2D eigenvalue weighted by Crippen LogP contribution is -1.97. The zero-order valence-corrected chi connectivity index (χ0v) is 12.1. The normalized spacial score (nSPS) is 9.68. The van der Waals surface area contributed by atoms with E-state index in [1.807, 2.05) is 0 Å². The number of carboxylic acids is 1. The van der Waals surface area contributed by atoms with Gasteiger partial charge in [-0.3, -0.25) is 0 Å². The Morgan fingerprint density at radius 1 is 1.21 bits per heavy atom. The van der Waals surface area contributed by atoms with E-state index in [2.05, 4.69) is 9.97 Å². The molecule has 0 bridgehead atoms. The van der Waals surface area contributed by atoms with E-state index in [9.17, 15) is 4.79 Å². The highest BCUT2D eigenvalue weighted by atomic mass is 35.5. The van der Waals surface area contributed by atoms with Crippen molar-refractivity contribution in [2.45, 2.75) is 0 Å². The molecule has 0 aliphatic carbocycles. The van der Waals surface area contributed by atoms with Crippen molar-refractivity contribution < 1.29 is 9.90 Å². The summed E-state index contributed by atoms with van der Waals surface area (Å²) < 4.78 is 0. The van der Waals surface area contributed by atoms with Gasteiger partial charge in [0.05, 0.1) is 15.7 Å². The summed E-state index contributed by atoms with van der Waals surface area (Å²) in [5.41, 5.74) is 5.86. The number of imidazole rings is 1. The molecule has 0 atom stereocenters. The van der Waals surface area contributed by atoms with E-state index in [0.717, 1.165) is 0 Å². The molecule has 0 aliphatic rings. The van der Waals surface area contributed by atoms with Crippen LogP contribution < -0.4 is 5.73 Å². The molecule has 5 nitrogen and oxygen atoms in total. The number of nitrogens with zero attached hydrogens (tertiary/aromatic N) is 1. The Hall–Kier alpha value is -1.14. The van der Waals surface area contributed by atoms with Crippen molar-refractivity contribution in [3.63, 3.8) is 0 Å². The van der Waals surface area contributed by atoms with E-state index in [1.165, 1.54) is 0 Å². The number of hydrogen-bond acceptors (Lipinski definition) is 3. The second kappa shape index (κ2) is 6.86. The largest absolute Gasteiger partial charge is 0.475 e. The van der Waals surface area contributed by atoms with Crippen molar-refractivity contribution in [1.29, 1.82) is 0 Å². The van der Waals surface area contributed by atoms with Gasteiger partial charge in [0.2, 0.25) is 5.82 Å². The molecule has 1 aromatic heterocycles. The minimum absolute atomic E-state index is 0.0286. The maximum absolute atomic E-state index is 10.2. The first-order valence-corrected chi connectivity index (χ1v) is 6.18. The summed E-state index contributed by atoms with van der Waals surface area (Å²) in [6.45, 7) is 0. The highest BCUT2D eigenvalue weighted by Crippen LogP contribution is 2.25. The number of carbonyl (C=O) groups is 1. The van der Waals surface area contributed by atoms with E-state index < -0.39 is 5.97 Å². The predicted octanol–water partition coefficient (Wildman–Crippen LogP) is 3.99. The maximum atomic E-state index is 10.2. The van der Waals surface area contributed by atoms with Crippen LogP contribution in [0.1, 0.15) is 10.6 Å². The lowest BCUT2D eigenvalue weighted by molar-refractivity contribution is 0.0685. The number of aromatic carboxylic acids is 1. The van der Waals surface area contributed by atoms with Crippen LogP contribution in [0.25, 0.3) is 0 Å². The minimum Gasteiger partial charge on any atom is -0.475 e. The topological polar surface area (TPSA) is 92.0 Å². The predicted molar refractivity (Wildman–Crippen MR) is 76.4 cm³/mol. The molecular formula is C10H7Cl4N3O2. The number of nitrogens with one attached hydrogen (secondary N) is 1. The van der Waals surface area contributed by atoms with Crippen molar-refractivity contribution in [3.8, 4) is 0 Å². The van der Waals surface area contributed by atoms with Gasteiger partial charge in [0.25, 0.3) is 0 Å². The smallest absolute Gasteiger partial charge is 0.371 e. The van der Waals surface area contributed by atoms with Crippen LogP contribution in [0.3, 0.4) is 0 Å². The fraction of sp³-hybridized carbons (Fsp3) is 0. The average Bonchev–Trinajstić information content (AvgIpc) is 2.68. The van der Waals surface area contributed by atoms with Gasteiger partial charge in [-0.05, 0) is 12.1 Å². The number of nitrogen functional groups attached to an aromatic ring is 1. The first kappa shape index (κ1) is 15.9. The fourth-order valence-electron chi connectivity index (χ4n) is 0.943. The van der Waals surface area contributed by atoms with E-state index in [4.69, 9.17) is 57.2 Å². The Balaban J connectivity index is 0.000000191. The van der Waals surface area contributed by atoms with Crippen molar-refractivity contribution in [2.24, 2.45) is 0 Å². The zero-order chi connectivity index (χ0) is 14.6. The molecule has 0 amide bonds. The zero-order valence-electron chi connectivity index (χ0n) is 9.12. The molecule has 0 fully saturated rings. The lowest BCUT2D eigenvalue weighted by Gasteiger charge is -1.96. The molecule has 0 radical (unpaired) electrons. The third-order valence-corrected chi connectivity index (χ3v) is 3.12. The maximum Gasteiger partial charge on any atom is 0.371 e. The molecule has 19 heavy (non-hydrogen) atoms. The van der Waals surface area contributed by atoms with Crippen LogP contribution in [0.2, 0.25) is 20.4 Å². The van der Waals surface area contributed by atoms with Gasteiger partial charge in [0.1, 0.15) is 5.15 Å². The van der Waals surface area contributed by atoms with Crippen molar-refractivity contribution in [2.75, 3.05) is 5.73 Å². The summed E-state index contributed by atoms with van der Waals surface area (Å²) in [6.07, 6.45) is 0. The highest BCUT2D eigenvalue weighted by molar-refractivity contribution is 6.40. The van der Waals surface area contributed by atoms with Crippen LogP contribution in [-0.4, -0.2) is 21.0 Å². The Kier molecular flexibility index (Phi) is 5.75. The number of rotatable bonds is 1. The monoisotopic (exact) mass is 341 g/mol. The number of aromatic nitrogens is 2. The Morgan fingerprint density at radius 2 is 1.74 bits per heavy atom. The first-order chi connectivity index (χ1) is 8.82. The number of carboxylic acid groups (broad SMARTS) is 1. The van der Waals surface area contributed by atoms with E-state index >= 15 is 0 Å². The molecule has 4 N–H and O–H groups in total. The van der Waals surface area contributed by atoms with Crippen LogP contribution in [0, 0.1) is 0 Å². The standard InChI is InChI=1S/C6H5Cl2N.C4H2Cl2N2O2/c7-4-2-1-3-5(8)6(4)9;5-1-2(6)8-3(7-1)4(9)10/h1-3H,9H2;(H,7,8)(H,9,10). The highest BCUT2D eigenvalue weighted by Gasteiger charge is 2.10. The van der Waals surface area contributed by atoms with Crippen LogP contribution >= 0.6 is 46.4 Å². The first-order valence-electron chi connectivity index (χ1n) is 4.66. The second-order valence-electron chi connectivity index (χ2n) is 3.13. The summed E-state index contributed by atoms with van der Waals surface area (Å²) in [4.78, 5) is 15.8. The lowest BCUT2D eigenvalue weighted by atomic mass is 10.3. The van der Waals surface area contributed by atoms with Crippen LogP contribution in [-0.2, 0) is 0 Å². The number of nitrogens with two attached hydrogens (primary N) is 1. The number of anilines is 1. The number of benzene rings is 1. The molecule has 1 heterocycles. The van der Waals surface area contributed by atoms with Gasteiger partial charge in [-0.1, -0.05) is 52.5 Å². The van der Waals surface area contributed by atoms with Gasteiger partial charge in [-0.25, -0.2) is 9.78 Å². The summed E-state index contributed by atoms with van der Waals surface area (Å²) in [5, 5.41) is 9.33. The molecule has 1 aromatic carbocycles. The molecule has 0 spiro atoms. The van der Waals surface area contributed by atoms with Crippen LogP contribution in [0.5, 0.6) is 0 Å². The average molecular weight is 343 g/mol. The fourth-order valence-corrected chi connectivity index (χ4v) is 1.60.